The monoisotopic (exact) mass is 216 g/mol. The molecule has 0 radical (unpaired) electrons. The molecule has 0 N–H and O–H groups in total. The average molecular weight is 217 g/mol. The molecule has 66 valence electrons. The van der Waals surface area contributed by atoms with Crippen LogP contribution in [0, 0.1) is 0 Å². The lowest BCUT2D eigenvalue weighted by atomic mass is 10.00. The summed E-state index contributed by atoms with van der Waals surface area (Å²) in [5, 5.41) is -0.814. The van der Waals surface area contributed by atoms with Crippen molar-refractivity contribution in [1.82, 2.24) is 0 Å². The number of rotatable bonds is 1. The minimum atomic E-state index is -3.43. The van der Waals surface area contributed by atoms with E-state index < -0.39 is 14.3 Å². The fourth-order valence-electron chi connectivity index (χ4n) is 1.37. The molecule has 0 unspecified atom stereocenters. The van der Waals surface area contributed by atoms with E-state index in [1.165, 1.54) is 0 Å². The molecular weight excluding hydrogens is 207 g/mol. The molecule has 1 aliphatic rings. The second-order valence-electron chi connectivity index (χ2n) is 2.81. The molecule has 0 bridgehead atoms. The van der Waals surface area contributed by atoms with Gasteiger partial charge in [-0.1, -0.05) is 12.8 Å². The van der Waals surface area contributed by atoms with E-state index in [0.29, 0.717) is 6.42 Å². The van der Waals surface area contributed by atoms with Crippen molar-refractivity contribution in [3.05, 3.63) is 0 Å². The normalized spacial score (nSPS) is 33.6. The van der Waals surface area contributed by atoms with E-state index in [-0.39, 0.29) is 5.38 Å². The molecule has 0 aliphatic heterocycles. The van der Waals surface area contributed by atoms with Crippen molar-refractivity contribution in [2.45, 2.75) is 36.3 Å². The van der Waals surface area contributed by atoms with Gasteiger partial charge in [-0.05, 0) is 12.8 Å². The van der Waals surface area contributed by atoms with Crippen LogP contribution in [0.2, 0.25) is 0 Å². The van der Waals surface area contributed by atoms with Gasteiger partial charge >= 0.3 is 0 Å². The van der Waals surface area contributed by atoms with Crippen molar-refractivity contribution in [3.8, 4) is 0 Å². The van der Waals surface area contributed by atoms with Crippen LogP contribution in [0.4, 0.5) is 0 Å². The molecule has 0 heterocycles. The van der Waals surface area contributed by atoms with Crippen molar-refractivity contribution in [2.24, 2.45) is 0 Å². The Kier molecular flexibility index (Phi) is 3.06. The first-order chi connectivity index (χ1) is 5.02. The van der Waals surface area contributed by atoms with Gasteiger partial charge in [-0.15, -0.1) is 11.6 Å². The first-order valence-electron chi connectivity index (χ1n) is 3.59. The van der Waals surface area contributed by atoms with Crippen LogP contribution in [0.1, 0.15) is 25.7 Å². The van der Waals surface area contributed by atoms with E-state index in [4.69, 9.17) is 22.3 Å². The standard InChI is InChI=1S/C6H10Cl2O2S/c7-5-3-1-2-4-6(5)11(8,9)10/h5-6H,1-4H2/t5-,6+/m0/s1. The molecule has 2 atom stereocenters. The van der Waals surface area contributed by atoms with Crippen molar-refractivity contribution in [3.63, 3.8) is 0 Å². The summed E-state index contributed by atoms with van der Waals surface area (Å²) in [6, 6.07) is 0. The fraction of sp³-hybridized carbons (Fsp3) is 1.00. The Hall–Kier alpha value is 0.530. The quantitative estimate of drug-likeness (QED) is 0.498. The van der Waals surface area contributed by atoms with E-state index >= 15 is 0 Å². The molecule has 0 saturated heterocycles. The summed E-state index contributed by atoms with van der Waals surface area (Å²) in [6.45, 7) is 0. The van der Waals surface area contributed by atoms with Gasteiger partial charge < -0.3 is 0 Å². The predicted molar refractivity (Wildman–Crippen MR) is 46.7 cm³/mol. The molecule has 0 aromatic carbocycles. The van der Waals surface area contributed by atoms with E-state index in [1.54, 1.807) is 0 Å². The molecule has 1 rings (SSSR count). The van der Waals surface area contributed by atoms with Crippen LogP contribution in [0.15, 0.2) is 0 Å². The molecule has 1 fully saturated rings. The molecule has 1 saturated carbocycles. The maximum Gasteiger partial charge on any atom is 0.236 e. The van der Waals surface area contributed by atoms with Gasteiger partial charge in [-0.3, -0.25) is 0 Å². The summed E-state index contributed by atoms with van der Waals surface area (Å²) in [4.78, 5) is 0. The lowest BCUT2D eigenvalue weighted by molar-refractivity contribution is 0.496. The largest absolute Gasteiger partial charge is 0.236 e. The Balaban J connectivity index is 2.70. The fourth-order valence-corrected chi connectivity index (χ4v) is 3.79. The zero-order chi connectivity index (χ0) is 8.48. The topological polar surface area (TPSA) is 34.1 Å². The minimum absolute atomic E-state index is 0.286. The van der Waals surface area contributed by atoms with Crippen LogP contribution < -0.4 is 0 Å². The Morgan fingerprint density at radius 1 is 1.18 bits per heavy atom. The van der Waals surface area contributed by atoms with Crippen molar-refractivity contribution >= 4 is 31.3 Å². The third-order valence-corrected chi connectivity index (χ3v) is 4.63. The Morgan fingerprint density at radius 3 is 2.09 bits per heavy atom. The Labute approximate surface area is 76.3 Å². The molecule has 0 amide bonds. The van der Waals surface area contributed by atoms with Gasteiger partial charge in [0.05, 0.1) is 10.6 Å². The molecular formula is C6H10Cl2O2S. The van der Waals surface area contributed by atoms with Crippen LogP contribution in [0.3, 0.4) is 0 Å². The maximum absolute atomic E-state index is 10.9. The van der Waals surface area contributed by atoms with Gasteiger partial charge in [-0.2, -0.15) is 0 Å². The summed E-state index contributed by atoms with van der Waals surface area (Å²) in [5.41, 5.74) is 0. The van der Waals surface area contributed by atoms with Crippen LogP contribution in [-0.2, 0) is 9.05 Å². The van der Waals surface area contributed by atoms with E-state index in [9.17, 15) is 8.42 Å². The zero-order valence-electron chi connectivity index (χ0n) is 5.96. The van der Waals surface area contributed by atoms with Gasteiger partial charge in [0.25, 0.3) is 0 Å². The smallest absolute Gasteiger partial charge is 0.212 e. The number of halogens is 2. The number of alkyl halides is 1. The predicted octanol–water partition coefficient (Wildman–Crippen LogP) is 2.10. The molecule has 0 aromatic heterocycles. The summed E-state index contributed by atoms with van der Waals surface area (Å²) in [7, 11) is 1.76. The van der Waals surface area contributed by atoms with Gasteiger partial charge in [0.1, 0.15) is 0 Å². The second-order valence-corrected chi connectivity index (χ2v) is 6.22. The number of hydrogen-bond donors (Lipinski definition) is 0. The summed E-state index contributed by atoms with van der Waals surface area (Å²) < 4.78 is 21.8. The minimum Gasteiger partial charge on any atom is -0.212 e. The molecule has 1 aliphatic carbocycles. The Bertz CT molecular complexity index is 225. The molecule has 11 heavy (non-hydrogen) atoms. The second kappa shape index (κ2) is 3.50. The summed E-state index contributed by atoms with van der Waals surface area (Å²) in [6.07, 6.45) is 3.30. The third kappa shape index (κ3) is 2.49. The van der Waals surface area contributed by atoms with E-state index in [0.717, 1.165) is 19.3 Å². The maximum atomic E-state index is 10.9. The van der Waals surface area contributed by atoms with Gasteiger partial charge in [0.2, 0.25) is 9.05 Å². The van der Waals surface area contributed by atoms with Crippen LogP contribution in [0.25, 0.3) is 0 Å². The van der Waals surface area contributed by atoms with Crippen LogP contribution >= 0.6 is 22.3 Å². The summed E-state index contributed by atoms with van der Waals surface area (Å²) >= 11 is 5.80. The highest BCUT2D eigenvalue weighted by Crippen LogP contribution is 2.29. The first-order valence-corrected chi connectivity index (χ1v) is 6.40. The lowest BCUT2D eigenvalue weighted by Gasteiger charge is -2.23. The highest BCUT2D eigenvalue weighted by molar-refractivity contribution is 8.14. The van der Waals surface area contributed by atoms with Gasteiger partial charge in [0.15, 0.2) is 0 Å². The van der Waals surface area contributed by atoms with Crippen LogP contribution in [-0.4, -0.2) is 19.0 Å². The van der Waals surface area contributed by atoms with Crippen molar-refractivity contribution in [1.29, 1.82) is 0 Å². The average Bonchev–Trinajstić information content (AvgIpc) is 1.86. The Morgan fingerprint density at radius 2 is 1.73 bits per heavy atom. The highest BCUT2D eigenvalue weighted by atomic mass is 35.7. The van der Waals surface area contributed by atoms with E-state index in [1.807, 2.05) is 0 Å². The zero-order valence-corrected chi connectivity index (χ0v) is 8.29. The van der Waals surface area contributed by atoms with Crippen molar-refractivity contribution in [2.75, 3.05) is 0 Å². The van der Waals surface area contributed by atoms with E-state index in [2.05, 4.69) is 0 Å². The molecule has 0 spiro atoms. The molecule has 5 heteroatoms. The third-order valence-electron chi connectivity index (χ3n) is 1.98. The molecule has 2 nitrogen and oxygen atoms in total. The van der Waals surface area contributed by atoms with Crippen molar-refractivity contribution < 1.29 is 8.42 Å². The number of hydrogen-bond acceptors (Lipinski definition) is 2. The van der Waals surface area contributed by atoms with Crippen LogP contribution in [0.5, 0.6) is 0 Å². The highest BCUT2D eigenvalue weighted by Gasteiger charge is 2.32. The van der Waals surface area contributed by atoms with Gasteiger partial charge in [0, 0.05) is 10.7 Å². The summed E-state index contributed by atoms with van der Waals surface area (Å²) in [5.74, 6) is 0. The van der Waals surface area contributed by atoms with Gasteiger partial charge in [-0.25, -0.2) is 8.42 Å². The lowest BCUT2D eigenvalue weighted by Crippen LogP contribution is -2.30. The molecule has 0 aromatic rings. The first kappa shape index (κ1) is 9.62. The SMILES string of the molecule is O=S(=O)(Cl)[C@@H]1CCCC[C@@H]1Cl.